The minimum atomic E-state index is -0.872. The van der Waals surface area contributed by atoms with Crippen molar-refractivity contribution in [2.45, 2.75) is 65.0 Å². The van der Waals surface area contributed by atoms with Gasteiger partial charge in [0.15, 0.2) is 0 Å². The van der Waals surface area contributed by atoms with Crippen LogP contribution in [0.1, 0.15) is 53.4 Å². The molecule has 1 aliphatic carbocycles. The maximum atomic E-state index is 12.4. The summed E-state index contributed by atoms with van der Waals surface area (Å²) >= 11 is 0. The van der Waals surface area contributed by atoms with E-state index in [1.165, 1.54) is 0 Å². The van der Waals surface area contributed by atoms with E-state index in [4.69, 9.17) is 4.74 Å². The smallest absolute Gasteiger partial charge is 0.307 e. The Morgan fingerprint density at radius 2 is 1.86 bits per heavy atom. The minimum absolute atomic E-state index is 0.0944. The fourth-order valence-electron chi connectivity index (χ4n) is 3.77. The van der Waals surface area contributed by atoms with E-state index in [0.717, 1.165) is 25.7 Å². The van der Waals surface area contributed by atoms with Gasteiger partial charge < -0.3 is 15.2 Å². The lowest BCUT2D eigenvalue weighted by atomic mass is 9.86. The molecule has 0 radical (unpaired) electrons. The van der Waals surface area contributed by atoms with E-state index in [2.05, 4.69) is 19.2 Å². The second-order valence-electron chi connectivity index (χ2n) is 7.05. The van der Waals surface area contributed by atoms with Crippen molar-refractivity contribution in [1.29, 1.82) is 0 Å². The van der Waals surface area contributed by atoms with E-state index in [0.29, 0.717) is 6.61 Å². The standard InChI is InChI=1S/C16H27NO4/c1-5-16(6-2)9-10(7-8-21-16)17-13(18)11-12(14(19)20)15(11,3)4/h10-12H,5-9H2,1-4H3,(H,17,18)(H,19,20)/t10?,11-,12+/m1/s1. The van der Waals surface area contributed by atoms with Gasteiger partial charge in [-0.1, -0.05) is 27.7 Å². The molecule has 1 saturated carbocycles. The molecule has 1 unspecified atom stereocenters. The van der Waals surface area contributed by atoms with E-state index in [1.807, 2.05) is 13.8 Å². The summed E-state index contributed by atoms with van der Waals surface area (Å²) in [5, 5.41) is 12.2. The van der Waals surface area contributed by atoms with Crippen LogP contribution in [-0.4, -0.2) is 35.2 Å². The molecule has 2 fully saturated rings. The van der Waals surface area contributed by atoms with Gasteiger partial charge in [0.05, 0.1) is 17.4 Å². The number of hydrogen-bond acceptors (Lipinski definition) is 3. The van der Waals surface area contributed by atoms with Crippen LogP contribution in [0, 0.1) is 17.3 Å². The van der Waals surface area contributed by atoms with Crippen molar-refractivity contribution in [3.05, 3.63) is 0 Å². The summed E-state index contributed by atoms with van der Waals surface area (Å²) in [5.41, 5.74) is -0.574. The van der Waals surface area contributed by atoms with Crippen LogP contribution in [0.4, 0.5) is 0 Å². The van der Waals surface area contributed by atoms with E-state index >= 15 is 0 Å². The third-order valence-electron chi connectivity index (χ3n) is 5.50. The predicted octanol–water partition coefficient (Wildman–Crippen LogP) is 2.20. The number of nitrogens with one attached hydrogen (secondary N) is 1. The van der Waals surface area contributed by atoms with Crippen molar-refractivity contribution in [3.63, 3.8) is 0 Å². The zero-order valence-corrected chi connectivity index (χ0v) is 13.4. The molecule has 0 aromatic rings. The van der Waals surface area contributed by atoms with E-state index in [9.17, 15) is 14.7 Å². The Morgan fingerprint density at radius 1 is 1.24 bits per heavy atom. The molecule has 120 valence electrons. The summed E-state index contributed by atoms with van der Waals surface area (Å²) in [4.78, 5) is 23.6. The van der Waals surface area contributed by atoms with Gasteiger partial charge in [-0.15, -0.1) is 0 Å². The van der Waals surface area contributed by atoms with Gasteiger partial charge in [-0.3, -0.25) is 9.59 Å². The molecule has 2 aliphatic rings. The second kappa shape index (κ2) is 5.59. The molecule has 2 rings (SSSR count). The van der Waals surface area contributed by atoms with Crippen LogP contribution in [0.2, 0.25) is 0 Å². The Balaban J connectivity index is 1.96. The SMILES string of the molecule is CCC1(CC)CC(NC(=O)[C@H]2[C@@H](C(=O)O)C2(C)C)CCO1. The van der Waals surface area contributed by atoms with Crippen LogP contribution in [0.3, 0.4) is 0 Å². The molecule has 1 aliphatic heterocycles. The number of carboxylic acids is 1. The first-order chi connectivity index (χ1) is 9.77. The Hall–Kier alpha value is -1.10. The van der Waals surface area contributed by atoms with Crippen LogP contribution in [-0.2, 0) is 14.3 Å². The van der Waals surface area contributed by atoms with Crippen LogP contribution >= 0.6 is 0 Å². The Morgan fingerprint density at radius 3 is 2.33 bits per heavy atom. The summed E-state index contributed by atoms with van der Waals surface area (Å²) in [7, 11) is 0. The highest BCUT2D eigenvalue weighted by molar-refractivity contribution is 5.91. The maximum absolute atomic E-state index is 12.4. The molecule has 1 amide bonds. The average molecular weight is 297 g/mol. The summed E-state index contributed by atoms with van der Waals surface area (Å²) in [6, 6.07) is 0.0944. The topological polar surface area (TPSA) is 75.6 Å². The summed E-state index contributed by atoms with van der Waals surface area (Å²) in [6.45, 7) is 8.57. The normalized spacial score (nSPS) is 33.2. The monoisotopic (exact) mass is 297 g/mol. The van der Waals surface area contributed by atoms with Gasteiger partial charge in [0.1, 0.15) is 0 Å². The lowest BCUT2D eigenvalue weighted by molar-refractivity contribution is -0.141. The van der Waals surface area contributed by atoms with Gasteiger partial charge in [-0.2, -0.15) is 0 Å². The number of amides is 1. The van der Waals surface area contributed by atoms with Crippen molar-refractivity contribution in [2.75, 3.05) is 6.61 Å². The summed E-state index contributed by atoms with van der Waals surface area (Å²) in [6.07, 6.45) is 3.49. The second-order valence-corrected chi connectivity index (χ2v) is 7.05. The quantitative estimate of drug-likeness (QED) is 0.815. The first kappa shape index (κ1) is 16.3. The Bertz CT molecular complexity index is 428. The van der Waals surface area contributed by atoms with Gasteiger partial charge in [0.25, 0.3) is 0 Å². The molecule has 5 heteroatoms. The highest BCUT2D eigenvalue weighted by Gasteiger charge is 2.66. The predicted molar refractivity (Wildman–Crippen MR) is 78.8 cm³/mol. The molecule has 0 aromatic heterocycles. The highest BCUT2D eigenvalue weighted by atomic mass is 16.5. The number of ether oxygens (including phenoxy) is 1. The van der Waals surface area contributed by atoms with Gasteiger partial charge >= 0.3 is 5.97 Å². The molecule has 21 heavy (non-hydrogen) atoms. The molecule has 1 saturated heterocycles. The van der Waals surface area contributed by atoms with Crippen molar-refractivity contribution < 1.29 is 19.4 Å². The fraction of sp³-hybridized carbons (Fsp3) is 0.875. The van der Waals surface area contributed by atoms with Crippen LogP contribution < -0.4 is 5.32 Å². The zero-order valence-electron chi connectivity index (χ0n) is 13.4. The molecule has 2 N–H and O–H groups in total. The van der Waals surface area contributed by atoms with E-state index in [1.54, 1.807) is 0 Å². The number of rotatable bonds is 5. The van der Waals surface area contributed by atoms with E-state index < -0.39 is 23.2 Å². The molecule has 0 aromatic carbocycles. The molecule has 3 atom stereocenters. The third-order valence-corrected chi connectivity index (χ3v) is 5.50. The largest absolute Gasteiger partial charge is 0.481 e. The Kier molecular flexibility index (Phi) is 4.34. The number of carbonyl (C=O) groups is 2. The molecular weight excluding hydrogens is 270 g/mol. The first-order valence-electron chi connectivity index (χ1n) is 7.94. The van der Waals surface area contributed by atoms with E-state index in [-0.39, 0.29) is 17.6 Å². The molecule has 1 heterocycles. The van der Waals surface area contributed by atoms with Crippen molar-refractivity contribution in [1.82, 2.24) is 5.32 Å². The van der Waals surface area contributed by atoms with Crippen molar-refractivity contribution in [3.8, 4) is 0 Å². The van der Waals surface area contributed by atoms with Crippen LogP contribution in [0.15, 0.2) is 0 Å². The van der Waals surface area contributed by atoms with Crippen molar-refractivity contribution >= 4 is 11.9 Å². The fourth-order valence-corrected chi connectivity index (χ4v) is 3.77. The highest BCUT2D eigenvalue weighted by Crippen LogP contribution is 2.58. The maximum Gasteiger partial charge on any atom is 0.307 e. The molecule has 0 spiro atoms. The van der Waals surface area contributed by atoms with Crippen molar-refractivity contribution in [2.24, 2.45) is 17.3 Å². The lowest BCUT2D eigenvalue weighted by Gasteiger charge is -2.40. The number of carboxylic acid groups (broad SMARTS) is 1. The molecule has 5 nitrogen and oxygen atoms in total. The first-order valence-corrected chi connectivity index (χ1v) is 7.94. The Labute approximate surface area is 126 Å². The molecule has 0 bridgehead atoms. The van der Waals surface area contributed by atoms with Crippen LogP contribution in [0.25, 0.3) is 0 Å². The molecular formula is C16H27NO4. The van der Waals surface area contributed by atoms with Crippen LogP contribution in [0.5, 0.6) is 0 Å². The van der Waals surface area contributed by atoms with Gasteiger partial charge in [-0.05, 0) is 31.1 Å². The van der Waals surface area contributed by atoms with Gasteiger partial charge in [0.2, 0.25) is 5.91 Å². The average Bonchev–Trinajstić information content (AvgIpc) is 3.02. The number of hydrogen-bond donors (Lipinski definition) is 2. The lowest BCUT2D eigenvalue weighted by Crippen LogP contribution is -2.48. The third kappa shape index (κ3) is 2.93. The number of aliphatic carboxylic acids is 1. The number of carbonyl (C=O) groups excluding carboxylic acids is 1. The minimum Gasteiger partial charge on any atom is -0.481 e. The van der Waals surface area contributed by atoms with Gasteiger partial charge in [0, 0.05) is 12.6 Å². The zero-order chi connectivity index (χ0) is 15.8. The summed E-state index contributed by atoms with van der Waals surface area (Å²) in [5.74, 6) is -1.95. The van der Waals surface area contributed by atoms with Gasteiger partial charge in [-0.25, -0.2) is 0 Å². The summed E-state index contributed by atoms with van der Waals surface area (Å²) < 4.78 is 5.91.